The zero-order chi connectivity index (χ0) is 24.1. The van der Waals surface area contributed by atoms with Crippen molar-refractivity contribution in [3.05, 3.63) is 39.9 Å². The number of fused-ring (bicyclic) bond motifs is 3. The number of ether oxygens (including phenoxy) is 7. The lowest BCUT2D eigenvalue weighted by Gasteiger charge is -2.39. The van der Waals surface area contributed by atoms with Gasteiger partial charge in [-0.25, -0.2) is 9.59 Å². The Hall–Kier alpha value is -3.66. The molecule has 2 aromatic rings. The van der Waals surface area contributed by atoms with Gasteiger partial charge in [0.1, 0.15) is 17.2 Å². The highest BCUT2D eigenvalue weighted by Gasteiger charge is 2.48. The van der Waals surface area contributed by atoms with Gasteiger partial charge in [0, 0.05) is 17.7 Å². The van der Waals surface area contributed by atoms with Gasteiger partial charge < -0.3 is 33.2 Å². The van der Waals surface area contributed by atoms with Crippen molar-refractivity contribution < 1.29 is 42.7 Å². The van der Waals surface area contributed by atoms with Crippen LogP contribution in [0, 0.1) is 0 Å². The van der Waals surface area contributed by atoms with E-state index in [1.54, 1.807) is 12.1 Å². The van der Waals surface area contributed by atoms with Gasteiger partial charge in [0.05, 0.1) is 34.5 Å². The van der Waals surface area contributed by atoms with E-state index in [4.69, 9.17) is 33.2 Å². The molecule has 10 heteroatoms. The largest absolute Gasteiger partial charge is 0.493 e. The third-order valence-corrected chi connectivity index (χ3v) is 6.61. The van der Waals surface area contributed by atoms with Gasteiger partial charge in [-0.1, -0.05) is 6.07 Å². The molecule has 0 saturated carbocycles. The van der Waals surface area contributed by atoms with E-state index in [0.29, 0.717) is 64.0 Å². The number of hydrogen-bond acceptors (Lipinski definition) is 10. The second kappa shape index (κ2) is 8.28. The van der Waals surface area contributed by atoms with Crippen LogP contribution in [0.25, 0.3) is 0 Å². The average molecular weight is 471 g/mol. The molecule has 0 fully saturated rings. The van der Waals surface area contributed by atoms with Crippen LogP contribution in [-0.4, -0.2) is 65.7 Å². The van der Waals surface area contributed by atoms with Crippen LogP contribution < -0.4 is 23.7 Å². The van der Waals surface area contributed by atoms with Crippen LogP contribution in [0.15, 0.2) is 12.1 Å². The summed E-state index contributed by atoms with van der Waals surface area (Å²) in [4.78, 5) is 27.9. The molecule has 34 heavy (non-hydrogen) atoms. The van der Waals surface area contributed by atoms with Gasteiger partial charge >= 0.3 is 11.9 Å². The first-order chi connectivity index (χ1) is 16.5. The number of likely N-dealkylation sites (N-methyl/N-ethyl adjacent to an activating group) is 1. The Balaban J connectivity index is 1.75. The summed E-state index contributed by atoms with van der Waals surface area (Å²) in [6.07, 6.45) is -0.148. The van der Waals surface area contributed by atoms with E-state index in [1.165, 1.54) is 28.4 Å². The van der Waals surface area contributed by atoms with E-state index < -0.39 is 24.1 Å². The summed E-state index contributed by atoms with van der Waals surface area (Å²) < 4.78 is 39.0. The lowest BCUT2D eigenvalue weighted by molar-refractivity contribution is 0.00854. The van der Waals surface area contributed by atoms with Crippen LogP contribution in [-0.2, 0) is 15.9 Å². The van der Waals surface area contributed by atoms with Crippen LogP contribution in [0.3, 0.4) is 0 Å². The third kappa shape index (κ3) is 2.98. The number of hydrogen-bond donors (Lipinski definition) is 0. The smallest absolute Gasteiger partial charge is 0.343 e. The maximum atomic E-state index is 13.0. The number of benzene rings is 2. The molecule has 0 radical (unpaired) electrons. The zero-order valence-electron chi connectivity index (χ0n) is 19.6. The summed E-state index contributed by atoms with van der Waals surface area (Å²) >= 11 is 0. The lowest BCUT2D eigenvalue weighted by Crippen LogP contribution is -2.37. The molecule has 0 amide bonds. The number of nitrogens with zero attached hydrogens (tertiary/aromatic N) is 1. The maximum Gasteiger partial charge on any atom is 0.343 e. The van der Waals surface area contributed by atoms with Crippen molar-refractivity contribution in [1.29, 1.82) is 0 Å². The summed E-state index contributed by atoms with van der Waals surface area (Å²) in [5, 5.41) is 0. The minimum absolute atomic E-state index is 0.0443. The molecule has 2 atom stereocenters. The van der Waals surface area contributed by atoms with Crippen LogP contribution in [0.4, 0.5) is 0 Å². The Morgan fingerprint density at radius 1 is 1.03 bits per heavy atom. The van der Waals surface area contributed by atoms with Crippen LogP contribution in [0.2, 0.25) is 0 Å². The van der Waals surface area contributed by atoms with Crippen molar-refractivity contribution >= 4 is 11.9 Å². The molecule has 3 aliphatic heterocycles. The molecule has 0 aliphatic carbocycles. The van der Waals surface area contributed by atoms with E-state index in [0.717, 1.165) is 5.56 Å². The van der Waals surface area contributed by atoms with Gasteiger partial charge in [0.25, 0.3) is 0 Å². The summed E-state index contributed by atoms with van der Waals surface area (Å²) in [7, 11) is 7.77. The first-order valence-electron chi connectivity index (χ1n) is 10.7. The minimum atomic E-state index is -0.689. The SMILES string of the molecule is COC(=O)c1c2c(c(OC)c3c1OCO3)C(C1OC(=O)c3c1ccc(OC)c3OC)N(C)CC2. The fourth-order valence-electron chi connectivity index (χ4n) is 5.15. The minimum Gasteiger partial charge on any atom is -0.493 e. The normalized spacial score (nSPS) is 20.3. The molecule has 180 valence electrons. The van der Waals surface area contributed by atoms with Crippen molar-refractivity contribution in [2.45, 2.75) is 18.6 Å². The van der Waals surface area contributed by atoms with E-state index >= 15 is 0 Å². The van der Waals surface area contributed by atoms with Crippen molar-refractivity contribution in [1.82, 2.24) is 4.90 Å². The lowest BCUT2D eigenvalue weighted by atomic mass is 9.83. The Morgan fingerprint density at radius 2 is 1.76 bits per heavy atom. The second-order valence-electron chi connectivity index (χ2n) is 8.12. The second-order valence-corrected chi connectivity index (χ2v) is 8.12. The van der Waals surface area contributed by atoms with Crippen LogP contribution >= 0.6 is 0 Å². The highest BCUT2D eigenvalue weighted by molar-refractivity contribution is 5.99. The Kier molecular flexibility index (Phi) is 5.40. The van der Waals surface area contributed by atoms with Crippen LogP contribution in [0.1, 0.15) is 49.6 Å². The monoisotopic (exact) mass is 471 g/mol. The van der Waals surface area contributed by atoms with Gasteiger partial charge in [-0.2, -0.15) is 0 Å². The molecule has 0 spiro atoms. The van der Waals surface area contributed by atoms with E-state index in [-0.39, 0.29) is 6.79 Å². The van der Waals surface area contributed by atoms with Crippen molar-refractivity contribution in [3.63, 3.8) is 0 Å². The van der Waals surface area contributed by atoms with Gasteiger partial charge in [-0.05, 0) is 25.1 Å². The predicted molar refractivity (Wildman–Crippen MR) is 117 cm³/mol. The van der Waals surface area contributed by atoms with E-state index in [2.05, 4.69) is 4.90 Å². The van der Waals surface area contributed by atoms with Crippen LogP contribution in [0.5, 0.6) is 28.7 Å². The summed E-state index contributed by atoms with van der Waals surface area (Å²) in [5.74, 6) is 0.795. The number of methoxy groups -OCH3 is 4. The standard InChI is InChI=1S/C24H25NO9/c1-25-9-8-11-14(20(30-4)22-21(32-10-33-22)15(11)23(26)31-5)17(25)18-12-6-7-13(28-2)19(29-3)16(12)24(27)34-18/h6-7,17-18H,8-10H2,1-5H3. The maximum absolute atomic E-state index is 13.0. The fourth-order valence-corrected chi connectivity index (χ4v) is 5.15. The molecular weight excluding hydrogens is 446 g/mol. The molecule has 0 N–H and O–H groups in total. The molecule has 2 unspecified atom stereocenters. The van der Waals surface area contributed by atoms with Gasteiger partial charge in [-0.15, -0.1) is 0 Å². The Labute approximate surface area is 196 Å². The number of cyclic esters (lactones) is 1. The quantitative estimate of drug-likeness (QED) is 0.605. The summed E-state index contributed by atoms with van der Waals surface area (Å²) in [5.41, 5.74) is 2.70. The number of carbonyl (C=O) groups excluding carboxylic acids is 2. The molecule has 3 heterocycles. The topological polar surface area (TPSA) is 102 Å². The van der Waals surface area contributed by atoms with Gasteiger partial charge in [0.2, 0.25) is 12.5 Å². The predicted octanol–water partition coefficient (Wildman–Crippen LogP) is 2.67. The van der Waals surface area contributed by atoms with E-state index in [9.17, 15) is 9.59 Å². The number of carbonyl (C=O) groups is 2. The van der Waals surface area contributed by atoms with Crippen molar-refractivity contribution in [2.24, 2.45) is 0 Å². The fraction of sp³-hybridized carbons (Fsp3) is 0.417. The van der Waals surface area contributed by atoms with Crippen molar-refractivity contribution in [3.8, 4) is 28.7 Å². The Bertz CT molecular complexity index is 1190. The van der Waals surface area contributed by atoms with Gasteiger partial charge in [-0.3, -0.25) is 4.90 Å². The summed E-state index contributed by atoms with van der Waals surface area (Å²) in [6.45, 7) is 0.554. The van der Waals surface area contributed by atoms with Crippen molar-refractivity contribution in [2.75, 3.05) is 48.8 Å². The molecule has 3 aliphatic rings. The van der Waals surface area contributed by atoms with Gasteiger partial charge in [0.15, 0.2) is 23.0 Å². The first-order valence-corrected chi connectivity index (χ1v) is 10.7. The molecule has 2 aromatic carbocycles. The molecule has 0 aromatic heterocycles. The summed E-state index contributed by atoms with van der Waals surface area (Å²) in [6, 6.07) is 3.07. The van der Waals surface area contributed by atoms with E-state index in [1.807, 2.05) is 7.05 Å². The molecular formula is C24H25NO9. The highest BCUT2D eigenvalue weighted by atomic mass is 16.7. The molecule has 5 rings (SSSR count). The number of esters is 2. The highest BCUT2D eigenvalue weighted by Crippen LogP contribution is 2.56. The average Bonchev–Trinajstić information content (AvgIpc) is 3.46. The molecule has 10 nitrogen and oxygen atoms in total. The first kappa shape index (κ1) is 22.1. The number of rotatable bonds is 5. The zero-order valence-corrected chi connectivity index (χ0v) is 19.6. The molecule has 0 saturated heterocycles. The third-order valence-electron chi connectivity index (χ3n) is 6.61. The Morgan fingerprint density at radius 3 is 2.44 bits per heavy atom. The molecule has 0 bridgehead atoms.